The lowest BCUT2D eigenvalue weighted by Crippen LogP contribution is -2.40. The van der Waals surface area contributed by atoms with Gasteiger partial charge in [0.15, 0.2) is 0 Å². The van der Waals surface area contributed by atoms with Crippen molar-refractivity contribution in [3.63, 3.8) is 0 Å². The lowest BCUT2D eigenvalue weighted by atomic mass is 9.74. The van der Waals surface area contributed by atoms with Gasteiger partial charge in [0, 0.05) is 0 Å². The van der Waals surface area contributed by atoms with Crippen molar-refractivity contribution < 1.29 is 14.6 Å². The molecule has 0 amide bonds. The Kier molecular flexibility index (Phi) is 2.44. The summed E-state index contributed by atoms with van der Waals surface area (Å²) in [7, 11) is 0. The summed E-state index contributed by atoms with van der Waals surface area (Å²) in [6, 6.07) is 0. The van der Waals surface area contributed by atoms with Crippen molar-refractivity contribution in [3.05, 3.63) is 11.1 Å². The molecule has 3 rings (SSSR count). The Labute approximate surface area is 108 Å². The van der Waals surface area contributed by atoms with Gasteiger partial charge in [-0.3, -0.25) is 0 Å². The van der Waals surface area contributed by atoms with Gasteiger partial charge in [-0.15, -0.1) is 0 Å². The van der Waals surface area contributed by atoms with Crippen molar-refractivity contribution in [1.29, 1.82) is 0 Å². The van der Waals surface area contributed by atoms with Crippen LogP contribution in [0.4, 0.5) is 0 Å². The van der Waals surface area contributed by atoms with Crippen LogP contribution in [-0.4, -0.2) is 17.7 Å². The summed E-state index contributed by atoms with van der Waals surface area (Å²) in [5, 5.41) is 11.3. The summed E-state index contributed by atoms with van der Waals surface area (Å²) in [4.78, 5) is 11.3. The number of carbonyl (C=O) groups is 1. The maximum absolute atomic E-state index is 11.3. The molecule has 0 aromatic heterocycles. The Morgan fingerprint density at radius 3 is 2.72 bits per heavy atom. The van der Waals surface area contributed by atoms with Crippen molar-refractivity contribution in [1.82, 2.24) is 0 Å². The summed E-state index contributed by atoms with van der Waals surface area (Å²) >= 11 is 0. The second-order valence-corrected chi connectivity index (χ2v) is 6.76. The standard InChI is InChI=1S/C15H22O3/c1-9(2)10-4-6-14(3)8-12-15(18-12,13(16)17)7-5-11(10)14/h11-12H,4-8H2,1-3H3,(H,16,17)/p-1/t11-,12-,14+,15+/m0/s1. The van der Waals surface area contributed by atoms with Gasteiger partial charge in [0.2, 0.25) is 0 Å². The maximum atomic E-state index is 11.3. The first-order chi connectivity index (χ1) is 8.39. The van der Waals surface area contributed by atoms with Crippen LogP contribution in [0.15, 0.2) is 11.1 Å². The Morgan fingerprint density at radius 2 is 2.11 bits per heavy atom. The molecule has 0 unspecified atom stereocenters. The molecule has 2 aliphatic carbocycles. The molecule has 1 saturated heterocycles. The number of ether oxygens (including phenoxy) is 1. The van der Waals surface area contributed by atoms with Crippen molar-refractivity contribution in [2.24, 2.45) is 11.3 Å². The predicted molar refractivity (Wildman–Crippen MR) is 65.7 cm³/mol. The van der Waals surface area contributed by atoms with E-state index in [0.717, 1.165) is 12.8 Å². The fourth-order valence-electron chi connectivity index (χ4n) is 4.26. The van der Waals surface area contributed by atoms with Crippen LogP contribution in [-0.2, 0) is 9.53 Å². The highest BCUT2D eigenvalue weighted by Crippen LogP contribution is 2.60. The average molecular weight is 249 g/mol. The molecule has 0 N–H and O–H groups in total. The number of allylic oxidation sites excluding steroid dienone is 2. The molecule has 0 spiro atoms. The van der Waals surface area contributed by atoms with Gasteiger partial charge in [0.25, 0.3) is 0 Å². The number of hydrogen-bond acceptors (Lipinski definition) is 3. The molecule has 2 saturated carbocycles. The van der Waals surface area contributed by atoms with Crippen LogP contribution in [0, 0.1) is 11.3 Å². The number of epoxide rings is 1. The molecule has 1 aliphatic heterocycles. The van der Waals surface area contributed by atoms with Gasteiger partial charge in [-0.1, -0.05) is 18.1 Å². The molecular weight excluding hydrogens is 228 g/mol. The molecule has 0 radical (unpaired) electrons. The first-order valence-electron chi connectivity index (χ1n) is 6.94. The molecule has 4 atom stereocenters. The third-order valence-electron chi connectivity index (χ3n) is 5.49. The van der Waals surface area contributed by atoms with E-state index in [0.29, 0.717) is 12.3 Å². The number of carboxylic acid groups (broad SMARTS) is 1. The highest BCUT2D eigenvalue weighted by molar-refractivity contribution is 5.79. The molecule has 0 aromatic rings. The summed E-state index contributed by atoms with van der Waals surface area (Å²) in [6.45, 7) is 6.66. The topological polar surface area (TPSA) is 52.7 Å². The highest BCUT2D eigenvalue weighted by Gasteiger charge is 2.63. The zero-order chi connectivity index (χ0) is 13.1. The van der Waals surface area contributed by atoms with E-state index >= 15 is 0 Å². The SMILES string of the molecule is CC(C)=C1CC[C@]2(C)C[C@@H]3O[C@]3(C(=O)[O-])CC[C@@H]12. The summed E-state index contributed by atoms with van der Waals surface area (Å²) < 4.78 is 5.50. The predicted octanol–water partition coefficient (Wildman–Crippen LogP) is 1.81. The molecule has 0 aromatic carbocycles. The molecule has 100 valence electrons. The Hall–Kier alpha value is -0.830. The average Bonchev–Trinajstić information content (AvgIpc) is 2.88. The molecule has 18 heavy (non-hydrogen) atoms. The monoisotopic (exact) mass is 249 g/mol. The van der Waals surface area contributed by atoms with Crippen LogP contribution in [0.1, 0.15) is 52.9 Å². The number of rotatable bonds is 1. The summed E-state index contributed by atoms with van der Waals surface area (Å²) in [6.07, 6.45) is 4.67. The van der Waals surface area contributed by atoms with E-state index in [2.05, 4.69) is 20.8 Å². The smallest absolute Gasteiger partial charge is 0.134 e. The zero-order valence-electron chi connectivity index (χ0n) is 11.4. The Balaban J connectivity index is 1.91. The van der Waals surface area contributed by atoms with E-state index in [-0.39, 0.29) is 11.5 Å². The minimum atomic E-state index is -1.00. The van der Waals surface area contributed by atoms with E-state index in [9.17, 15) is 9.90 Å². The summed E-state index contributed by atoms with van der Waals surface area (Å²) in [5.41, 5.74) is 2.26. The van der Waals surface area contributed by atoms with Crippen molar-refractivity contribution >= 4 is 5.97 Å². The van der Waals surface area contributed by atoms with E-state index < -0.39 is 11.6 Å². The van der Waals surface area contributed by atoms with E-state index in [1.807, 2.05) is 0 Å². The molecule has 3 fully saturated rings. The molecule has 3 aliphatic rings. The summed E-state index contributed by atoms with van der Waals surface area (Å²) in [5.74, 6) is -0.454. The first kappa shape index (κ1) is 12.2. The second kappa shape index (κ2) is 3.60. The molecule has 1 heterocycles. The first-order valence-corrected chi connectivity index (χ1v) is 6.94. The van der Waals surface area contributed by atoms with Crippen molar-refractivity contribution in [3.8, 4) is 0 Å². The van der Waals surface area contributed by atoms with E-state index in [1.165, 1.54) is 18.4 Å². The molecular formula is C15H21O3-. The number of aliphatic carboxylic acids is 1. The number of hydrogen-bond donors (Lipinski definition) is 0. The molecule has 3 nitrogen and oxygen atoms in total. The van der Waals surface area contributed by atoms with Crippen LogP contribution < -0.4 is 5.11 Å². The molecule has 0 bridgehead atoms. The minimum absolute atomic E-state index is 0.103. The van der Waals surface area contributed by atoms with Crippen LogP contribution in [0.3, 0.4) is 0 Å². The van der Waals surface area contributed by atoms with Crippen molar-refractivity contribution in [2.75, 3.05) is 0 Å². The van der Waals surface area contributed by atoms with Gasteiger partial charge in [0.1, 0.15) is 5.60 Å². The van der Waals surface area contributed by atoms with Gasteiger partial charge in [0.05, 0.1) is 12.1 Å². The van der Waals surface area contributed by atoms with Gasteiger partial charge < -0.3 is 14.6 Å². The lowest BCUT2D eigenvalue weighted by Gasteiger charge is -2.31. The lowest BCUT2D eigenvalue weighted by molar-refractivity contribution is -0.312. The van der Waals surface area contributed by atoms with Gasteiger partial charge >= 0.3 is 0 Å². The van der Waals surface area contributed by atoms with Gasteiger partial charge in [-0.2, -0.15) is 0 Å². The maximum Gasteiger partial charge on any atom is 0.134 e. The normalized spacial score (nSPS) is 46.1. The van der Waals surface area contributed by atoms with Crippen LogP contribution >= 0.6 is 0 Å². The van der Waals surface area contributed by atoms with Crippen molar-refractivity contribution in [2.45, 2.75) is 64.6 Å². The minimum Gasteiger partial charge on any atom is -0.547 e. The fraction of sp³-hybridized carbons (Fsp3) is 0.800. The quantitative estimate of drug-likeness (QED) is 0.526. The second-order valence-electron chi connectivity index (χ2n) is 6.76. The van der Waals surface area contributed by atoms with E-state index in [4.69, 9.17) is 4.74 Å². The fourth-order valence-corrected chi connectivity index (χ4v) is 4.26. The highest BCUT2D eigenvalue weighted by atomic mass is 16.6. The third kappa shape index (κ3) is 1.49. The number of carbonyl (C=O) groups excluding carboxylic acids is 1. The van der Waals surface area contributed by atoms with Gasteiger partial charge in [-0.05, 0) is 57.3 Å². The Morgan fingerprint density at radius 1 is 1.39 bits per heavy atom. The number of fused-ring (bicyclic) bond motifs is 2. The third-order valence-corrected chi connectivity index (χ3v) is 5.49. The Bertz CT molecular complexity index is 435. The number of carboxylic acids is 1. The van der Waals surface area contributed by atoms with Crippen LogP contribution in [0.5, 0.6) is 0 Å². The largest absolute Gasteiger partial charge is 0.547 e. The van der Waals surface area contributed by atoms with Crippen LogP contribution in [0.2, 0.25) is 0 Å². The van der Waals surface area contributed by atoms with E-state index in [1.54, 1.807) is 5.57 Å². The zero-order valence-corrected chi connectivity index (χ0v) is 11.4. The van der Waals surface area contributed by atoms with Gasteiger partial charge in [-0.25, -0.2) is 0 Å². The van der Waals surface area contributed by atoms with Crippen LogP contribution in [0.25, 0.3) is 0 Å². The molecule has 3 heteroatoms.